The summed E-state index contributed by atoms with van der Waals surface area (Å²) >= 11 is 0. The first-order valence-electron chi connectivity index (χ1n) is 8.16. The number of carbonyl (C=O) groups is 2. The largest absolute Gasteiger partial charge is 0.416 e. The fraction of sp³-hybridized carbons (Fsp3) is 0.263. The molecule has 0 saturated heterocycles. The number of urea groups is 1. The first-order chi connectivity index (χ1) is 12.7. The van der Waals surface area contributed by atoms with E-state index in [0.717, 1.165) is 12.1 Å². The Morgan fingerprint density at radius 2 is 1.74 bits per heavy atom. The minimum atomic E-state index is -4.43. The number of amides is 3. The molecule has 0 atom stereocenters. The number of anilines is 1. The van der Waals surface area contributed by atoms with Crippen LogP contribution >= 0.6 is 0 Å². The van der Waals surface area contributed by atoms with E-state index in [2.05, 4.69) is 10.6 Å². The third kappa shape index (κ3) is 6.02. The number of halogens is 3. The lowest BCUT2D eigenvalue weighted by molar-refractivity contribution is -0.137. The van der Waals surface area contributed by atoms with Gasteiger partial charge in [0.2, 0.25) is 5.91 Å². The van der Waals surface area contributed by atoms with Gasteiger partial charge in [-0.15, -0.1) is 0 Å². The lowest BCUT2D eigenvalue weighted by Crippen LogP contribution is -2.29. The first kappa shape index (κ1) is 20.3. The number of benzene rings is 2. The van der Waals surface area contributed by atoms with Crippen LogP contribution in [-0.4, -0.2) is 30.9 Å². The molecule has 2 aromatic rings. The predicted octanol–water partition coefficient (Wildman–Crippen LogP) is 3.66. The maximum atomic E-state index is 12.7. The van der Waals surface area contributed by atoms with Gasteiger partial charge in [0.1, 0.15) is 0 Å². The maximum absolute atomic E-state index is 12.7. The molecule has 0 aromatic heterocycles. The summed E-state index contributed by atoms with van der Waals surface area (Å²) in [5, 5.41) is 5.14. The zero-order valence-corrected chi connectivity index (χ0v) is 14.9. The third-order valence-electron chi connectivity index (χ3n) is 3.81. The first-order valence-corrected chi connectivity index (χ1v) is 8.16. The molecule has 0 fully saturated rings. The van der Waals surface area contributed by atoms with Crippen molar-refractivity contribution in [2.45, 2.75) is 19.1 Å². The van der Waals surface area contributed by atoms with E-state index >= 15 is 0 Å². The summed E-state index contributed by atoms with van der Waals surface area (Å²) in [6.45, 7) is -0.0610. The number of likely N-dealkylation sites (N-methyl/N-ethyl adjacent to an activating group) is 1. The molecule has 0 aliphatic carbocycles. The molecule has 0 aliphatic rings. The maximum Gasteiger partial charge on any atom is 0.416 e. The van der Waals surface area contributed by atoms with Gasteiger partial charge in [-0.3, -0.25) is 4.79 Å². The van der Waals surface area contributed by atoms with Gasteiger partial charge in [0.15, 0.2) is 0 Å². The van der Waals surface area contributed by atoms with E-state index in [0.29, 0.717) is 16.8 Å². The van der Waals surface area contributed by atoms with Gasteiger partial charge in [-0.05, 0) is 29.3 Å². The lowest BCUT2D eigenvalue weighted by Gasteiger charge is -2.14. The van der Waals surface area contributed by atoms with Gasteiger partial charge in [0.05, 0.1) is 12.0 Å². The number of hydrogen-bond donors (Lipinski definition) is 2. The fourth-order valence-electron chi connectivity index (χ4n) is 2.32. The standard InChI is InChI=1S/C19H20F3N3O2/c1-25(2)17(26)11-14-7-3-4-9-16(14)24-18(27)23-12-13-6-5-8-15(10-13)19(20,21)22/h3-10H,11-12H2,1-2H3,(H2,23,24,27). The highest BCUT2D eigenvalue weighted by Gasteiger charge is 2.30. The molecule has 0 heterocycles. The second-order valence-corrected chi connectivity index (χ2v) is 6.13. The molecule has 27 heavy (non-hydrogen) atoms. The fourth-order valence-corrected chi connectivity index (χ4v) is 2.32. The van der Waals surface area contributed by atoms with Crippen LogP contribution in [0.4, 0.5) is 23.7 Å². The van der Waals surface area contributed by atoms with Gasteiger partial charge in [-0.25, -0.2) is 4.79 Å². The average Bonchev–Trinajstić information content (AvgIpc) is 2.61. The quantitative estimate of drug-likeness (QED) is 0.833. The normalized spacial score (nSPS) is 11.0. The number of rotatable bonds is 5. The van der Waals surface area contributed by atoms with Crippen molar-refractivity contribution in [2.24, 2.45) is 0 Å². The van der Waals surface area contributed by atoms with E-state index in [-0.39, 0.29) is 18.9 Å². The Balaban J connectivity index is 2.00. The molecule has 0 bridgehead atoms. The van der Waals surface area contributed by atoms with Crippen LogP contribution in [0.1, 0.15) is 16.7 Å². The summed E-state index contributed by atoms with van der Waals surface area (Å²) in [5.41, 5.74) is 0.672. The smallest absolute Gasteiger partial charge is 0.349 e. The summed E-state index contributed by atoms with van der Waals surface area (Å²) in [7, 11) is 3.28. The van der Waals surface area contributed by atoms with E-state index in [1.807, 2.05) is 0 Å². The molecule has 0 radical (unpaired) electrons. The van der Waals surface area contributed by atoms with Crippen molar-refractivity contribution < 1.29 is 22.8 Å². The van der Waals surface area contributed by atoms with Crippen LogP contribution in [0.5, 0.6) is 0 Å². The van der Waals surface area contributed by atoms with Gasteiger partial charge in [-0.1, -0.05) is 30.3 Å². The number of carbonyl (C=O) groups excluding carboxylic acids is 2. The van der Waals surface area contributed by atoms with Crippen molar-refractivity contribution in [1.82, 2.24) is 10.2 Å². The van der Waals surface area contributed by atoms with Gasteiger partial charge in [0.25, 0.3) is 0 Å². The highest BCUT2D eigenvalue weighted by molar-refractivity contribution is 5.91. The molecule has 0 unspecified atom stereocenters. The molecule has 2 rings (SSSR count). The van der Waals surface area contributed by atoms with E-state index in [1.54, 1.807) is 38.4 Å². The zero-order chi connectivity index (χ0) is 20.0. The van der Waals surface area contributed by atoms with Crippen molar-refractivity contribution in [1.29, 1.82) is 0 Å². The topological polar surface area (TPSA) is 61.4 Å². The number of hydrogen-bond acceptors (Lipinski definition) is 2. The minimum absolute atomic E-state index is 0.0610. The highest BCUT2D eigenvalue weighted by Crippen LogP contribution is 2.29. The Labute approximate surface area is 155 Å². The van der Waals surface area contributed by atoms with Crippen LogP contribution in [0.3, 0.4) is 0 Å². The molecular formula is C19H20F3N3O2. The summed E-state index contributed by atoms with van der Waals surface area (Å²) in [5.74, 6) is -0.117. The molecule has 0 saturated carbocycles. The number of alkyl halides is 3. The molecule has 0 spiro atoms. The van der Waals surface area contributed by atoms with Crippen molar-refractivity contribution in [3.8, 4) is 0 Å². The van der Waals surface area contributed by atoms with Crippen LogP contribution < -0.4 is 10.6 Å². The minimum Gasteiger partial charge on any atom is -0.349 e. The van der Waals surface area contributed by atoms with E-state index in [4.69, 9.17) is 0 Å². The Bertz CT molecular complexity index is 820. The van der Waals surface area contributed by atoms with Crippen LogP contribution in [0, 0.1) is 0 Å². The van der Waals surface area contributed by atoms with E-state index in [9.17, 15) is 22.8 Å². The molecule has 144 valence electrons. The summed E-state index contributed by atoms with van der Waals surface area (Å²) in [6, 6.07) is 11.0. The lowest BCUT2D eigenvalue weighted by atomic mass is 10.1. The van der Waals surface area contributed by atoms with Crippen LogP contribution in [0.15, 0.2) is 48.5 Å². The third-order valence-corrected chi connectivity index (χ3v) is 3.81. The van der Waals surface area contributed by atoms with Crippen LogP contribution in [0.2, 0.25) is 0 Å². The molecule has 2 N–H and O–H groups in total. The SMILES string of the molecule is CN(C)C(=O)Cc1ccccc1NC(=O)NCc1cccc(C(F)(F)F)c1. The predicted molar refractivity (Wildman–Crippen MR) is 96.1 cm³/mol. The molecule has 5 nitrogen and oxygen atoms in total. The number of nitrogens with one attached hydrogen (secondary N) is 2. The Morgan fingerprint density at radius 1 is 1.04 bits per heavy atom. The second-order valence-electron chi connectivity index (χ2n) is 6.13. The summed E-state index contributed by atoms with van der Waals surface area (Å²) < 4.78 is 38.2. The van der Waals surface area contributed by atoms with Gasteiger partial charge in [0, 0.05) is 26.3 Å². The van der Waals surface area contributed by atoms with Crippen molar-refractivity contribution >= 4 is 17.6 Å². The molecular weight excluding hydrogens is 359 g/mol. The molecule has 8 heteroatoms. The number of nitrogens with zero attached hydrogens (tertiary/aromatic N) is 1. The average molecular weight is 379 g/mol. The van der Waals surface area contributed by atoms with E-state index in [1.165, 1.54) is 17.0 Å². The van der Waals surface area contributed by atoms with Gasteiger partial charge < -0.3 is 15.5 Å². The number of para-hydroxylation sites is 1. The van der Waals surface area contributed by atoms with E-state index < -0.39 is 17.8 Å². The highest BCUT2D eigenvalue weighted by atomic mass is 19.4. The Kier molecular flexibility index (Phi) is 6.44. The van der Waals surface area contributed by atoms with Crippen molar-refractivity contribution in [3.63, 3.8) is 0 Å². The van der Waals surface area contributed by atoms with Crippen LogP contribution in [-0.2, 0) is 23.9 Å². The molecule has 0 aliphatic heterocycles. The summed E-state index contributed by atoms with van der Waals surface area (Å²) in [6.07, 6.45) is -4.31. The van der Waals surface area contributed by atoms with Crippen LogP contribution in [0.25, 0.3) is 0 Å². The summed E-state index contributed by atoms with van der Waals surface area (Å²) in [4.78, 5) is 25.4. The van der Waals surface area contributed by atoms with Crippen molar-refractivity contribution in [2.75, 3.05) is 19.4 Å². The molecule has 2 aromatic carbocycles. The Hall–Kier alpha value is -3.03. The molecule has 3 amide bonds. The zero-order valence-electron chi connectivity index (χ0n) is 14.9. The monoisotopic (exact) mass is 379 g/mol. The Morgan fingerprint density at radius 3 is 2.41 bits per heavy atom. The second kappa shape index (κ2) is 8.57. The van der Waals surface area contributed by atoms with Gasteiger partial charge >= 0.3 is 12.2 Å². The van der Waals surface area contributed by atoms with Crippen molar-refractivity contribution in [3.05, 3.63) is 65.2 Å². The van der Waals surface area contributed by atoms with Gasteiger partial charge in [-0.2, -0.15) is 13.2 Å².